The van der Waals surface area contributed by atoms with Gasteiger partial charge in [-0.15, -0.1) is 0 Å². The predicted molar refractivity (Wildman–Crippen MR) is 71.5 cm³/mol. The number of rotatable bonds is 1. The number of para-hydroxylation sites is 2. The van der Waals surface area contributed by atoms with Gasteiger partial charge < -0.3 is 19.1 Å². The van der Waals surface area contributed by atoms with Crippen molar-refractivity contribution < 1.29 is 14.2 Å². The maximum Gasteiger partial charge on any atom is 0.231 e. The molecule has 0 saturated heterocycles. The second-order valence-corrected chi connectivity index (χ2v) is 4.51. The monoisotopic (exact) mass is 255 g/mol. The molecular weight excluding hydrogens is 242 g/mol. The molecule has 2 heterocycles. The zero-order chi connectivity index (χ0) is 12.7. The molecule has 0 bridgehead atoms. The number of anilines is 2. The van der Waals surface area contributed by atoms with E-state index in [1.165, 1.54) is 0 Å². The molecule has 19 heavy (non-hydrogen) atoms. The second kappa shape index (κ2) is 4.09. The largest absolute Gasteiger partial charge is 0.490 e. The fourth-order valence-corrected chi connectivity index (χ4v) is 2.49. The van der Waals surface area contributed by atoms with Crippen LogP contribution in [0.2, 0.25) is 0 Å². The van der Waals surface area contributed by atoms with Crippen molar-refractivity contribution in [2.75, 3.05) is 24.8 Å². The summed E-state index contributed by atoms with van der Waals surface area (Å²) in [7, 11) is 0. The van der Waals surface area contributed by atoms with E-state index in [1.807, 2.05) is 30.3 Å². The van der Waals surface area contributed by atoms with Crippen LogP contribution in [0.15, 0.2) is 42.5 Å². The molecule has 2 aliphatic heterocycles. The molecule has 0 fully saturated rings. The first kappa shape index (κ1) is 10.6. The van der Waals surface area contributed by atoms with Gasteiger partial charge in [0.1, 0.15) is 12.4 Å². The Morgan fingerprint density at radius 3 is 2.74 bits per heavy atom. The summed E-state index contributed by atoms with van der Waals surface area (Å²) in [5.74, 6) is 2.54. The fourth-order valence-electron chi connectivity index (χ4n) is 2.49. The lowest BCUT2D eigenvalue weighted by atomic mass is 10.2. The quantitative estimate of drug-likeness (QED) is 0.784. The molecule has 0 N–H and O–H groups in total. The van der Waals surface area contributed by atoms with Crippen LogP contribution >= 0.6 is 0 Å². The lowest BCUT2D eigenvalue weighted by Gasteiger charge is -2.31. The van der Waals surface area contributed by atoms with Crippen LogP contribution in [0.4, 0.5) is 11.4 Å². The number of hydrogen-bond donors (Lipinski definition) is 0. The highest BCUT2D eigenvalue weighted by Crippen LogP contribution is 2.40. The summed E-state index contributed by atoms with van der Waals surface area (Å²) in [5.41, 5.74) is 2.19. The highest BCUT2D eigenvalue weighted by Gasteiger charge is 2.21. The molecule has 0 atom stereocenters. The van der Waals surface area contributed by atoms with Crippen LogP contribution < -0.4 is 19.1 Å². The zero-order valence-corrected chi connectivity index (χ0v) is 10.3. The molecule has 0 amide bonds. The van der Waals surface area contributed by atoms with Crippen LogP contribution in [0.1, 0.15) is 0 Å². The highest BCUT2D eigenvalue weighted by molar-refractivity contribution is 5.72. The van der Waals surface area contributed by atoms with Gasteiger partial charge in [-0.3, -0.25) is 0 Å². The first-order valence-corrected chi connectivity index (χ1v) is 6.31. The van der Waals surface area contributed by atoms with Gasteiger partial charge in [-0.05, 0) is 24.3 Å². The SMILES string of the molecule is c1ccc2c(c1)OCCN2c1ccc2c(c1)OCO2. The van der Waals surface area contributed by atoms with Gasteiger partial charge in [0.15, 0.2) is 11.5 Å². The molecule has 0 spiro atoms. The van der Waals surface area contributed by atoms with Crippen LogP contribution in [-0.2, 0) is 0 Å². The van der Waals surface area contributed by atoms with Crippen molar-refractivity contribution in [3.63, 3.8) is 0 Å². The molecule has 0 aliphatic carbocycles. The predicted octanol–water partition coefficient (Wildman–Crippen LogP) is 2.95. The Morgan fingerprint density at radius 2 is 1.74 bits per heavy atom. The number of ether oxygens (including phenoxy) is 3. The molecule has 4 heteroatoms. The van der Waals surface area contributed by atoms with Gasteiger partial charge in [0.2, 0.25) is 6.79 Å². The van der Waals surface area contributed by atoms with Crippen LogP contribution in [-0.4, -0.2) is 19.9 Å². The Labute approximate surface area is 111 Å². The van der Waals surface area contributed by atoms with E-state index in [4.69, 9.17) is 14.2 Å². The van der Waals surface area contributed by atoms with E-state index in [0.29, 0.717) is 13.4 Å². The number of benzene rings is 2. The van der Waals surface area contributed by atoms with Crippen LogP contribution in [0.25, 0.3) is 0 Å². The molecule has 96 valence electrons. The van der Waals surface area contributed by atoms with E-state index in [-0.39, 0.29) is 0 Å². The van der Waals surface area contributed by atoms with Crippen molar-refractivity contribution >= 4 is 11.4 Å². The Bertz CT molecular complexity index is 627. The minimum atomic E-state index is 0.304. The van der Waals surface area contributed by atoms with Gasteiger partial charge in [0.05, 0.1) is 12.2 Å². The van der Waals surface area contributed by atoms with E-state index in [2.05, 4.69) is 17.0 Å². The zero-order valence-electron chi connectivity index (χ0n) is 10.3. The molecule has 4 nitrogen and oxygen atoms in total. The van der Waals surface area contributed by atoms with E-state index in [1.54, 1.807) is 0 Å². The second-order valence-electron chi connectivity index (χ2n) is 4.51. The molecule has 0 unspecified atom stereocenters. The molecule has 0 saturated carbocycles. The third-order valence-electron chi connectivity index (χ3n) is 3.40. The average Bonchev–Trinajstić information content (AvgIpc) is 2.94. The van der Waals surface area contributed by atoms with Crippen molar-refractivity contribution in [2.45, 2.75) is 0 Å². The van der Waals surface area contributed by atoms with Gasteiger partial charge in [0.25, 0.3) is 0 Å². The third kappa shape index (κ3) is 1.68. The number of fused-ring (bicyclic) bond motifs is 2. The van der Waals surface area contributed by atoms with Crippen molar-refractivity contribution in [3.05, 3.63) is 42.5 Å². The minimum Gasteiger partial charge on any atom is -0.490 e. The van der Waals surface area contributed by atoms with Crippen molar-refractivity contribution in [2.24, 2.45) is 0 Å². The van der Waals surface area contributed by atoms with Crippen LogP contribution in [0, 0.1) is 0 Å². The van der Waals surface area contributed by atoms with Crippen molar-refractivity contribution in [1.29, 1.82) is 0 Å². The summed E-state index contributed by atoms with van der Waals surface area (Å²) < 4.78 is 16.5. The molecule has 2 aliphatic rings. The summed E-state index contributed by atoms with van der Waals surface area (Å²) in [6.45, 7) is 1.82. The molecule has 2 aromatic carbocycles. The molecular formula is C15H13NO3. The summed E-state index contributed by atoms with van der Waals surface area (Å²) in [6, 6.07) is 14.1. The smallest absolute Gasteiger partial charge is 0.231 e. The minimum absolute atomic E-state index is 0.304. The molecule has 0 radical (unpaired) electrons. The topological polar surface area (TPSA) is 30.9 Å². The van der Waals surface area contributed by atoms with Gasteiger partial charge in [-0.1, -0.05) is 12.1 Å². The maximum absolute atomic E-state index is 5.67. The van der Waals surface area contributed by atoms with E-state index < -0.39 is 0 Å². The summed E-state index contributed by atoms with van der Waals surface area (Å²) in [5, 5.41) is 0. The van der Waals surface area contributed by atoms with Gasteiger partial charge in [-0.2, -0.15) is 0 Å². The van der Waals surface area contributed by atoms with Gasteiger partial charge >= 0.3 is 0 Å². The first-order chi connectivity index (χ1) is 9.42. The van der Waals surface area contributed by atoms with E-state index in [9.17, 15) is 0 Å². The van der Waals surface area contributed by atoms with E-state index in [0.717, 1.165) is 35.2 Å². The number of nitrogens with zero attached hydrogens (tertiary/aromatic N) is 1. The normalized spacial score (nSPS) is 15.9. The highest BCUT2D eigenvalue weighted by atomic mass is 16.7. The van der Waals surface area contributed by atoms with Crippen LogP contribution in [0.3, 0.4) is 0 Å². The fraction of sp³-hybridized carbons (Fsp3) is 0.200. The van der Waals surface area contributed by atoms with Gasteiger partial charge in [0, 0.05) is 11.8 Å². The Morgan fingerprint density at radius 1 is 0.842 bits per heavy atom. The average molecular weight is 255 g/mol. The van der Waals surface area contributed by atoms with Gasteiger partial charge in [-0.25, -0.2) is 0 Å². The van der Waals surface area contributed by atoms with Crippen molar-refractivity contribution in [1.82, 2.24) is 0 Å². The van der Waals surface area contributed by atoms with Crippen LogP contribution in [0.5, 0.6) is 17.2 Å². The molecule has 2 aromatic rings. The summed E-state index contributed by atoms with van der Waals surface area (Å²) in [4.78, 5) is 2.24. The maximum atomic E-state index is 5.67. The lowest BCUT2D eigenvalue weighted by molar-refractivity contribution is 0.174. The Hall–Kier alpha value is -2.36. The standard InChI is InChI=1S/C15H13NO3/c1-2-4-13-12(3-1)16(7-8-17-13)11-5-6-14-15(9-11)19-10-18-14/h1-6,9H,7-8,10H2. The molecule has 4 rings (SSSR count). The summed E-state index contributed by atoms with van der Waals surface area (Å²) in [6.07, 6.45) is 0. The van der Waals surface area contributed by atoms with Crippen molar-refractivity contribution in [3.8, 4) is 17.2 Å². The number of hydrogen-bond acceptors (Lipinski definition) is 4. The Balaban J connectivity index is 1.77. The Kier molecular flexibility index (Phi) is 2.27. The first-order valence-electron chi connectivity index (χ1n) is 6.31. The molecule has 0 aromatic heterocycles. The van der Waals surface area contributed by atoms with E-state index >= 15 is 0 Å². The third-order valence-corrected chi connectivity index (χ3v) is 3.40. The summed E-state index contributed by atoms with van der Waals surface area (Å²) >= 11 is 0. The lowest BCUT2D eigenvalue weighted by Crippen LogP contribution is -2.28.